The molecule has 1 rings (SSSR count). The number of nitrogens with zero attached hydrogens (tertiary/aromatic N) is 1. The summed E-state index contributed by atoms with van der Waals surface area (Å²) in [6.45, 7) is 1.23. The van der Waals surface area contributed by atoms with Gasteiger partial charge in [0.2, 0.25) is 12.3 Å². The van der Waals surface area contributed by atoms with Gasteiger partial charge in [0.25, 0.3) is 5.91 Å². The molecule has 1 unspecified atom stereocenters. The molecule has 0 saturated carbocycles. The first-order chi connectivity index (χ1) is 10.4. The molecular weight excluding hydrogens is 292 g/mol. The lowest BCUT2D eigenvalue weighted by atomic mass is 9.88. The first-order valence-corrected chi connectivity index (χ1v) is 6.45. The van der Waals surface area contributed by atoms with Crippen LogP contribution in [-0.4, -0.2) is 54.8 Å². The van der Waals surface area contributed by atoms with Gasteiger partial charge >= 0.3 is 7.48 Å². The lowest BCUT2D eigenvalue weighted by molar-refractivity contribution is -0.126. The number of nitrogens with two attached hydrogens (primary N) is 1. The second kappa shape index (κ2) is 8.25. The van der Waals surface area contributed by atoms with Gasteiger partial charge in [0.1, 0.15) is 12.4 Å². The molecule has 4 N–H and O–H groups in total. The largest absolute Gasteiger partial charge is 0.450 e. The third-order valence-electron chi connectivity index (χ3n) is 3.04. The number of amides is 3. The Bertz CT molecular complexity index is 570. The van der Waals surface area contributed by atoms with E-state index in [-0.39, 0.29) is 24.0 Å². The topological polar surface area (TPSA) is 113 Å². The Labute approximate surface area is 127 Å². The highest BCUT2D eigenvalue weighted by atomic mass is 19.1. The smallest absolute Gasteiger partial charge is 0.326 e. The van der Waals surface area contributed by atoms with Crippen molar-refractivity contribution in [1.82, 2.24) is 10.2 Å². The Morgan fingerprint density at radius 3 is 2.73 bits per heavy atom. The number of carbonyl (C=O) groups excluding carboxylic acids is 3. The highest BCUT2D eigenvalue weighted by Crippen LogP contribution is 2.11. The fourth-order valence-corrected chi connectivity index (χ4v) is 1.76. The molecule has 0 fully saturated rings. The van der Waals surface area contributed by atoms with Crippen molar-refractivity contribution < 1.29 is 23.8 Å². The molecule has 1 radical (unpaired) electrons. The first kappa shape index (κ1) is 17.8. The van der Waals surface area contributed by atoms with E-state index in [1.807, 2.05) is 5.32 Å². The molecule has 0 spiro atoms. The number of benzene rings is 1. The van der Waals surface area contributed by atoms with Gasteiger partial charge in [-0.3, -0.25) is 19.7 Å². The van der Waals surface area contributed by atoms with Crippen LogP contribution in [0.25, 0.3) is 0 Å². The van der Waals surface area contributed by atoms with Gasteiger partial charge in [-0.2, -0.15) is 0 Å². The van der Waals surface area contributed by atoms with Crippen LogP contribution < -0.4 is 16.5 Å². The van der Waals surface area contributed by atoms with Crippen molar-refractivity contribution >= 4 is 31.2 Å². The molecule has 1 aromatic rings. The summed E-state index contributed by atoms with van der Waals surface area (Å²) >= 11 is 0. The predicted octanol–water partition coefficient (Wildman–Crippen LogP) is -1.88. The van der Waals surface area contributed by atoms with Crippen LogP contribution in [0.3, 0.4) is 0 Å². The molecule has 0 bridgehead atoms. The molecule has 117 valence electrons. The summed E-state index contributed by atoms with van der Waals surface area (Å²) in [6.07, 6.45) is 0.199. The van der Waals surface area contributed by atoms with Crippen molar-refractivity contribution in [2.24, 2.45) is 5.73 Å². The van der Waals surface area contributed by atoms with E-state index in [4.69, 9.17) is 10.8 Å². The van der Waals surface area contributed by atoms with E-state index in [1.165, 1.54) is 12.1 Å². The van der Waals surface area contributed by atoms with E-state index in [2.05, 4.69) is 0 Å². The number of halogens is 1. The van der Waals surface area contributed by atoms with Crippen LogP contribution in [0.1, 0.15) is 17.3 Å². The van der Waals surface area contributed by atoms with Crippen molar-refractivity contribution in [3.05, 3.63) is 29.6 Å². The Morgan fingerprint density at radius 2 is 2.23 bits per heavy atom. The quantitative estimate of drug-likeness (QED) is 0.403. The van der Waals surface area contributed by atoms with Crippen molar-refractivity contribution in [1.29, 1.82) is 0 Å². The Balaban J connectivity index is 3.05. The maximum atomic E-state index is 13.9. The summed E-state index contributed by atoms with van der Waals surface area (Å²) in [7, 11) is 0.704. The number of nitrogens with one attached hydrogen (secondary N) is 1. The van der Waals surface area contributed by atoms with E-state index in [1.54, 1.807) is 6.92 Å². The average molecular weight is 308 g/mol. The maximum Gasteiger partial charge on any atom is 0.326 e. The van der Waals surface area contributed by atoms with Gasteiger partial charge in [0.15, 0.2) is 0 Å². The van der Waals surface area contributed by atoms with Gasteiger partial charge in [0, 0.05) is 12.6 Å². The summed E-state index contributed by atoms with van der Waals surface area (Å²) in [4.78, 5) is 35.2. The van der Waals surface area contributed by atoms with Crippen molar-refractivity contribution in [2.75, 3.05) is 13.1 Å². The van der Waals surface area contributed by atoms with Gasteiger partial charge in [-0.15, -0.1) is 0 Å². The van der Waals surface area contributed by atoms with Gasteiger partial charge in [-0.1, -0.05) is 11.5 Å². The highest BCUT2D eigenvalue weighted by molar-refractivity contribution is 6.45. The summed E-state index contributed by atoms with van der Waals surface area (Å²) in [5.74, 6) is -2.27. The summed E-state index contributed by atoms with van der Waals surface area (Å²) in [5.41, 5.74) is 5.44. The molecule has 1 aromatic carbocycles. The molecular formula is C13H16BFN3O4. The van der Waals surface area contributed by atoms with Crippen LogP contribution in [0.4, 0.5) is 4.39 Å². The molecule has 0 saturated heterocycles. The van der Waals surface area contributed by atoms with E-state index < -0.39 is 30.2 Å². The molecule has 1 atom stereocenters. The van der Waals surface area contributed by atoms with Crippen LogP contribution in [0.2, 0.25) is 0 Å². The summed E-state index contributed by atoms with van der Waals surface area (Å²) in [5, 5.41) is 10.7. The molecule has 9 heteroatoms. The van der Waals surface area contributed by atoms with Crippen LogP contribution >= 0.6 is 0 Å². The Kier molecular flexibility index (Phi) is 6.67. The zero-order valence-corrected chi connectivity index (χ0v) is 12.0. The minimum Gasteiger partial charge on any atom is -0.450 e. The van der Waals surface area contributed by atoms with E-state index in [0.717, 1.165) is 11.0 Å². The molecule has 7 nitrogen and oxygen atoms in total. The lowest BCUT2D eigenvalue weighted by Gasteiger charge is -2.27. The molecule has 0 aliphatic carbocycles. The number of imide groups is 1. The highest BCUT2D eigenvalue weighted by Gasteiger charge is 2.25. The summed E-state index contributed by atoms with van der Waals surface area (Å²) in [6, 6.07) is 3.01. The van der Waals surface area contributed by atoms with Crippen molar-refractivity contribution in [3.8, 4) is 0 Å². The van der Waals surface area contributed by atoms with Crippen LogP contribution in [0, 0.1) is 5.82 Å². The summed E-state index contributed by atoms with van der Waals surface area (Å²) < 4.78 is 13.9. The van der Waals surface area contributed by atoms with E-state index >= 15 is 0 Å². The number of hydrogen-bond acceptors (Lipinski definition) is 5. The molecule has 0 heterocycles. The normalized spacial score (nSPS) is 11.5. The van der Waals surface area contributed by atoms with Crippen LogP contribution in [0.15, 0.2) is 18.2 Å². The van der Waals surface area contributed by atoms with Gasteiger partial charge < -0.3 is 15.7 Å². The first-order valence-electron chi connectivity index (χ1n) is 6.45. The Hall–Kier alpha value is -2.26. The van der Waals surface area contributed by atoms with Crippen molar-refractivity contribution in [2.45, 2.75) is 13.0 Å². The molecule has 0 aliphatic rings. The second-order valence-electron chi connectivity index (χ2n) is 4.57. The zero-order chi connectivity index (χ0) is 16.7. The third-order valence-corrected chi connectivity index (χ3v) is 3.04. The molecule has 3 amide bonds. The van der Waals surface area contributed by atoms with Gasteiger partial charge in [0.05, 0.1) is 5.56 Å². The minimum absolute atomic E-state index is 0.0598. The van der Waals surface area contributed by atoms with E-state index in [0.29, 0.717) is 7.48 Å². The van der Waals surface area contributed by atoms with Gasteiger partial charge in [-0.25, -0.2) is 4.39 Å². The SMILES string of the molecule is CC(CN)N(CC(=O)NC=O)C(=O)c1ccc([B]O)cc1F. The second-order valence-corrected chi connectivity index (χ2v) is 4.57. The fraction of sp³-hybridized carbons (Fsp3) is 0.308. The van der Waals surface area contributed by atoms with Gasteiger partial charge in [-0.05, 0) is 19.1 Å². The third kappa shape index (κ3) is 4.37. The molecule has 22 heavy (non-hydrogen) atoms. The number of hydrogen-bond donors (Lipinski definition) is 3. The van der Waals surface area contributed by atoms with Crippen molar-refractivity contribution in [3.63, 3.8) is 0 Å². The Morgan fingerprint density at radius 1 is 1.55 bits per heavy atom. The monoisotopic (exact) mass is 308 g/mol. The molecule has 0 aromatic heterocycles. The zero-order valence-electron chi connectivity index (χ0n) is 12.0. The standard InChI is InChI=1S/C13H16BFN3O4/c1-8(5-16)18(6-12(20)17-7-19)13(21)10-3-2-9(14-22)4-11(10)15/h2-4,7-8,22H,5-6,16H2,1H3,(H,17,19,20). The van der Waals surface area contributed by atoms with Crippen LogP contribution in [0.5, 0.6) is 0 Å². The molecule has 0 aliphatic heterocycles. The predicted molar refractivity (Wildman–Crippen MR) is 77.8 cm³/mol. The lowest BCUT2D eigenvalue weighted by Crippen LogP contribution is -2.48. The maximum absolute atomic E-state index is 13.9. The van der Waals surface area contributed by atoms with E-state index in [9.17, 15) is 18.8 Å². The number of carbonyl (C=O) groups is 3. The number of rotatable bonds is 7. The van der Waals surface area contributed by atoms with Crippen LogP contribution in [-0.2, 0) is 9.59 Å². The minimum atomic E-state index is -0.835. The average Bonchev–Trinajstić information content (AvgIpc) is 2.51. The fourth-order valence-electron chi connectivity index (χ4n) is 1.76.